The number of ketones is 1. The van der Waals surface area contributed by atoms with Gasteiger partial charge in [0.25, 0.3) is 5.91 Å². The number of Topliss-reactive ketones (excluding diaryl/α,β-unsaturated/α-hetero) is 1. The van der Waals surface area contributed by atoms with Gasteiger partial charge in [-0.15, -0.1) is 0 Å². The van der Waals surface area contributed by atoms with Gasteiger partial charge >= 0.3 is 0 Å². The van der Waals surface area contributed by atoms with Gasteiger partial charge in [-0.3, -0.25) is 14.6 Å². The van der Waals surface area contributed by atoms with Crippen molar-refractivity contribution in [3.63, 3.8) is 0 Å². The van der Waals surface area contributed by atoms with Crippen LogP contribution >= 0.6 is 0 Å². The van der Waals surface area contributed by atoms with Crippen LogP contribution in [0, 0.1) is 0 Å². The molecule has 2 rings (SSSR count). The Morgan fingerprint density at radius 2 is 1.95 bits per heavy atom. The number of ether oxygens (including phenoxy) is 1. The number of aromatic nitrogens is 1. The number of nitrogens with zero attached hydrogens (tertiary/aromatic N) is 1. The Labute approximate surface area is 123 Å². The predicted octanol–water partition coefficient (Wildman–Crippen LogP) is 1.98. The molecule has 1 heterocycles. The van der Waals surface area contributed by atoms with Crippen molar-refractivity contribution in [1.82, 2.24) is 10.3 Å². The topological polar surface area (TPSA) is 68.3 Å². The highest BCUT2D eigenvalue weighted by Gasteiger charge is 2.04. The monoisotopic (exact) mass is 284 g/mol. The highest BCUT2D eigenvalue weighted by atomic mass is 16.5. The number of nitrogens with one attached hydrogen (secondary N) is 1. The van der Waals surface area contributed by atoms with Gasteiger partial charge in [-0.1, -0.05) is 24.3 Å². The first-order chi connectivity index (χ1) is 10.1. The zero-order valence-electron chi connectivity index (χ0n) is 11.7. The van der Waals surface area contributed by atoms with E-state index in [9.17, 15) is 9.59 Å². The molecule has 2 aromatic rings. The standard InChI is InChI=1S/C16H16N2O3/c1-12(19)14-6-4-13(5-7-14)9-18-16(20)11-21-15-3-2-8-17-10-15/h2-8,10H,9,11H2,1H3,(H,18,20). The normalized spacial score (nSPS) is 9.95. The van der Waals surface area contributed by atoms with Gasteiger partial charge in [0.1, 0.15) is 5.75 Å². The number of carbonyl (C=O) groups is 2. The van der Waals surface area contributed by atoms with Crippen molar-refractivity contribution in [1.29, 1.82) is 0 Å². The molecule has 1 aromatic carbocycles. The first-order valence-corrected chi connectivity index (χ1v) is 6.54. The Bertz CT molecular complexity index is 609. The van der Waals surface area contributed by atoms with Crippen LogP contribution in [0.1, 0.15) is 22.8 Å². The van der Waals surface area contributed by atoms with E-state index in [0.29, 0.717) is 17.9 Å². The summed E-state index contributed by atoms with van der Waals surface area (Å²) in [5.74, 6) is 0.364. The molecule has 5 heteroatoms. The van der Waals surface area contributed by atoms with E-state index >= 15 is 0 Å². The molecule has 5 nitrogen and oxygen atoms in total. The van der Waals surface area contributed by atoms with Crippen LogP contribution in [-0.2, 0) is 11.3 Å². The maximum atomic E-state index is 11.7. The lowest BCUT2D eigenvalue weighted by molar-refractivity contribution is -0.123. The molecule has 0 atom stereocenters. The molecule has 0 fully saturated rings. The van der Waals surface area contributed by atoms with E-state index < -0.39 is 0 Å². The lowest BCUT2D eigenvalue weighted by Gasteiger charge is -2.07. The Kier molecular flexibility index (Phi) is 5.04. The molecule has 108 valence electrons. The van der Waals surface area contributed by atoms with E-state index in [1.165, 1.54) is 6.92 Å². The Balaban J connectivity index is 1.77. The van der Waals surface area contributed by atoms with Crippen molar-refractivity contribution >= 4 is 11.7 Å². The van der Waals surface area contributed by atoms with Crippen molar-refractivity contribution in [2.45, 2.75) is 13.5 Å². The van der Waals surface area contributed by atoms with Crippen LogP contribution in [0.2, 0.25) is 0 Å². The van der Waals surface area contributed by atoms with E-state index in [-0.39, 0.29) is 18.3 Å². The SMILES string of the molecule is CC(=O)c1ccc(CNC(=O)COc2cccnc2)cc1. The summed E-state index contributed by atoms with van der Waals surface area (Å²) in [6.45, 7) is 1.86. The Morgan fingerprint density at radius 3 is 2.57 bits per heavy atom. The smallest absolute Gasteiger partial charge is 0.258 e. The molecule has 0 saturated carbocycles. The first-order valence-electron chi connectivity index (χ1n) is 6.54. The number of amides is 1. The van der Waals surface area contributed by atoms with Crippen LogP contribution in [0.4, 0.5) is 0 Å². The van der Waals surface area contributed by atoms with Crippen molar-refractivity contribution in [2.24, 2.45) is 0 Å². The Morgan fingerprint density at radius 1 is 1.19 bits per heavy atom. The average Bonchev–Trinajstić information content (AvgIpc) is 2.52. The summed E-state index contributed by atoms with van der Waals surface area (Å²) in [5.41, 5.74) is 1.58. The maximum Gasteiger partial charge on any atom is 0.258 e. The van der Waals surface area contributed by atoms with Gasteiger partial charge in [0.15, 0.2) is 12.4 Å². The third-order valence-corrected chi connectivity index (χ3v) is 2.85. The maximum absolute atomic E-state index is 11.7. The molecule has 1 N–H and O–H groups in total. The minimum absolute atomic E-state index is 0.0236. The van der Waals surface area contributed by atoms with Gasteiger partial charge < -0.3 is 10.1 Å². The number of carbonyl (C=O) groups excluding carboxylic acids is 2. The third-order valence-electron chi connectivity index (χ3n) is 2.85. The minimum Gasteiger partial charge on any atom is -0.482 e. The van der Waals surface area contributed by atoms with Gasteiger partial charge in [0.2, 0.25) is 0 Å². The lowest BCUT2D eigenvalue weighted by atomic mass is 10.1. The number of benzene rings is 1. The van der Waals surface area contributed by atoms with E-state index in [1.807, 2.05) is 12.1 Å². The van der Waals surface area contributed by atoms with Gasteiger partial charge in [-0.2, -0.15) is 0 Å². The van der Waals surface area contributed by atoms with Gasteiger partial charge in [0, 0.05) is 18.3 Å². The van der Waals surface area contributed by atoms with Gasteiger partial charge in [-0.25, -0.2) is 0 Å². The molecule has 0 aliphatic heterocycles. The summed E-state index contributed by atoms with van der Waals surface area (Å²) < 4.78 is 5.29. The van der Waals surface area contributed by atoms with Gasteiger partial charge in [0.05, 0.1) is 6.20 Å². The molecule has 21 heavy (non-hydrogen) atoms. The quantitative estimate of drug-likeness (QED) is 0.824. The summed E-state index contributed by atoms with van der Waals surface area (Å²) in [5, 5.41) is 2.75. The van der Waals surface area contributed by atoms with Crippen LogP contribution < -0.4 is 10.1 Å². The molecule has 0 spiro atoms. The highest BCUT2D eigenvalue weighted by molar-refractivity contribution is 5.94. The second-order valence-corrected chi connectivity index (χ2v) is 4.51. The number of rotatable bonds is 6. The van der Waals surface area contributed by atoms with E-state index in [4.69, 9.17) is 4.74 Å². The molecule has 0 aliphatic carbocycles. The molecular weight excluding hydrogens is 268 g/mol. The van der Waals surface area contributed by atoms with Crippen molar-refractivity contribution in [3.05, 3.63) is 59.9 Å². The molecule has 1 aromatic heterocycles. The first kappa shape index (κ1) is 14.7. The number of hydrogen-bond acceptors (Lipinski definition) is 4. The summed E-state index contributed by atoms with van der Waals surface area (Å²) in [6.07, 6.45) is 3.19. The zero-order chi connectivity index (χ0) is 15.1. The van der Waals surface area contributed by atoms with Crippen LogP contribution in [0.25, 0.3) is 0 Å². The molecule has 0 bridgehead atoms. The molecule has 0 saturated heterocycles. The van der Waals surface area contributed by atoms with Crippen LogP contribution in [0.3, 0.4) is 0 Å². The fourth-order valence-corrected chi connectivity index (χ4v) is 1.69. The summed E-state index contributed by atoms with van der Waals surface area (Å²) in [6, 6.07) is 10.6. The lowest BCUT2D eigenvalue weighted by Crippen LogP contribution is -2.28. The molecule has 0 aliphatic rings. The molecule has 0 radical (unpaired) electrons. The van der Waals surface area contributed by atoms with Crippen molar-refractivity contribution < 1.29 is 14.3 Å². The Hall–Kier alpha value is -2.69. The molecule has 1 amide bonds. The zero-order valence-corrected chi connectivity index (χ0v) is 11.7. The van der Waals surface area contributed by atoms with Crippen LogP contribution in [-0.4, -0.2) is 23.3 Å². The highest BCUT2D eigenvalue weighted by Crippen LogP contribution is 2.06. The average molecular weight is 284 g/mol. The van der Waals surface area contributed by atoms with Gasteiger partial charge in [-0.05, 0) is 24.6 Å². The van der Waals surface area contributed by atoms with E-state index in [2.05, 4.69) is 10.3 Å². The predicted molar refractivity (Wildman–Crippen MR) is 78.0 cm³/mol. The number of hydrogen-bond donors (Lipinski definition) is 1. The van der Waals surface area contributed by atoms with Crippen molar-refractivity contribution in [2.75, 3.05) is 6.61 Å². The van der Waals surface area contributed by atoms with E-state index in [0.717, 1.165) is 5.56 Å². The largest absolute Gasteiger partial charge is 0.482 e. The summed E-state index contributed by atoms with van der Waals surface area (Å²) in [7, 11) is 0. The summed E-state index contributed by atoms with van der Waals surface area (Å²) >= 11 is 0. The van der Waals surface area contributed by atoms with Crippen LogP contribution in [0.15, 0.2) is 48.8 Å². The minimum atomic E-state index is -0.213. The van der Waals surface area contributed by atoms with E-state index in [1.54, 1.807) is 36.7 Å². The van der Waals surface area contributed by atoms with Crippen LogP contribution in [0.5, 0.6) is 5.75 Å². The molecular formula is C16H16N2O3. The second-order valence-electron chi connectivity index (χ2n) is 4.51. The number of pyridine rings is 1. The van der Waals surface area contributed by atoms with Crippen molar-refractivity contribution in [3.8, 4) is 5.75 Å². The molecule has 0 unspecified atom stereocenters. The fraction of sp³-hybridized carbons (Fsp3) is 0.188. The fourth-order valence-electron chi connectivity index (χ4n) is 1.69. The second kappa shape index (κ2) is 7.19. The third kappa shape index (κ3) is 4.72. The summed E-state index contributed by atoms with van der Waals surface area (Å²) in [4.78, 5) is 26.7.